The molecule has 1 N–H and O–H groups in total. The number of hydrogen-bond donors (Lipinski definition) is 1. The van der Waals surface area contributed by atoms with E-state index in [4.69, 9.17) is 5.21 Å². The molecule has 5 nitrogen and oxygen atoms in total. The first-order valence-electron chi connectivity index (χ1n) is 19.8. The molecule has 44 heavy (non-hydrogen) atoms. The number of hydrazone groups is 1. The van der Waals surface area contributed by atoms with Crippen LogP contribution in [-0.4, -0.2) is 22.4 Å². The highest BCUT2D eigenvalue weighted by Crippen LogP contribution is 2.17. The van der Waals surface area contributed by atoms with Gasteiger partial charge in [-0.1, -0.05) is 236 Å². The first kappa shape index (κ1) is 42.8. The molecule has 0 aromatic heterocycles. The van der Waals surface area contributed by atoms with Crippen LogP contribution < -0.4 is 0 Å². The Labute approximate surface area is 274 Å². The Bertz CT molecular complexity index is 620. The number of isocyanates is 1. The van der Waals surface area contributed by atoms with Crippen molar-refractivity contribution in [3.8, 4) is 0 Å². The molecule has 0 aliphatic rings. The number of carbonyl (C=O) groups is 1. The predicted molar refractivity (Wildman–Crippen MR) is 189 cm³/mol. The Hall–Kier alpha value is -1.19. The van der Waals surface area contributed by atoms with Crippen molar-refractivity contribution in [3.05, 3.63) is 0 Å². The van der Waals surface area contributed by atoms with Crippen molar-refractivity contribution in [1.82, 2.24) is 5.17 Å². The van der Waals surface area contributed by atoms with Gasteiger partial charge in [-0.15, -0.1) is 0 Å². The van der Waals surface area contributed by atoms with Crippen molar-refractivity contribution in [2.45, 2.75) is 238 Å². The van der Waals surface area contributed by atoms with Crippen molar-refractivity contribution >= 4 is 12.0 Å². The maximum absolute atomic E-state index is 11.4. The summed E-state index contributed by atoms with van der Waals surface area (Å²) in [5.41, 5.74) is 0. The molecule has 0 saturated heterocycles. The Morgan fingerprint density at radius 2 is 0.636 bits per heavy atom. The molecule has 0 saturated carbocycles. The van der Waals surface area contributed by atoms with Crippen LogP contribution in [0.1, 0.15) is 238 Å². The Kier molecular flexibility index (Phi) is 37.0. The quantitative estimate of drug-likeness (QED) is 0.0247. The van der Waals surface area contributed by atoms with Crippen LogP contribution in [-0.2, 0) is 9.59 Å². The van der Waals surface area contributed by atoms with Gasteiger partial charge in [0.2, 0.25) is 0 Å². The standard InChI is InChI=1S/C39H76N2O3/c1-2-3-4-5-6-7-8-9-10-11-12-13-14-15-16-17-18-19-20-21-22-23-24-25-26-27-28-29-30-31-32-33-34-35-36-37-39(43)41(44)40-38-42/h44H,2-37H2,1H3. The van der Waals surface area contributed by atoms with Gasteiger partial charge in [-0.2, -0.15) is 0 Å². The molecule has 0 bridgehead atoms. The van der Waals surface area contributed by atoms with E-state index in [1.165, 1.54) is 205 Å². The van der Waals surface area contributed by atoms with Crippen LogP contribution in [0.15, 0.2) is 5.10 Å². The summed E-state index contributed by atoms with van der Waals surface area (Å²) in [5, 5.41) is 12.1. The molecule has 0 aromatic rings. The average Bonchev–Trinajstić information content (AvgIpc) is 3.03. The Morgan fingerprint density at radius 3 is 0.841 bits per heavy atom. The Morgan fingerprint density at radius 1 is 0.432 bits per heavy atom. The van der Waals surface area contributed by atoms with Crippen LogP contribution in [0.4, 0.5) is 0 Å². The average molecular weight is 621 g/mol. The van der Waals surface area contributed by atoms with Gasteiger partial charge in [-0.3, -0.25) is 10.0 Å². The van der Waals surface area contributed by atoms with E-state index < -0.39 is 5.91 Å². The van der Waals surface area contributed by atoms with E-state index in [1.807, 2.05) is 0 Å². The molecule has 0 heterocycles. The van der Waals surface area contributed by atoms with E-state index in [-0.39, 0.29) is 11.6 Å². The minimum Gasteiger partial charge on any atom is -0.270 e. The van der Waals surface area contributed by atoms with Crippen LogP contribution in [0.25, 0.3) is 0 Å². The number of rotatable bonds is 37. The summed E-state index contributed by atoms with van der Waals surface area (Å²) in [6.07, 6.45) is 49.9. The van der Waals surface area contributed by atoms with Gasteiger partial charge < -0.3 is 0 Å². The predicted octanol–water partition coefficient (Wildman–Crippen LogP) is 13.5. The molecule has 5 heteroatoms. The van der Waals surface area contributed by atoms with Crippen molar-refractivity contribution in [3.63, 3.8) is 0 Å². The topological polar surface area (TPSA) is 70.0 Å². The summed E-state index contributed by atoms with van der Waals surface area (Å²) in [7, 11) is 0. The minimum atomic E-state index is -0.542. The van der Waals surface area contributed by atoms with Gasteiger partial charge in [0.15, 0.2) is 0 Å². The van der Waals surface area contributed by atoms with Crippen LogP contribution in [0.5, 0.6) is 0 Å². The van der Waals surface area contributed by atoms with Crippen LogP contribution >= 0.6 is 0 Å². The highest BCUT2D eigenvalue weighted by Gasteiger charge is 2.08. The molecule has 0 fully saturated rings. The van der Waals surface area contributed by atoms with Gasteiger partial charge in [-0.25, -0.2) is 4.79 Å². The highest BCUT2D eigenvalue weighted by atomic mass is 16.5. The minimum absolute atomic E-state index is 0.0942. The fraction of sp³-hybridized carbons (Fsp3) is 0.949. The SMILES string of the molecule is CCCCCCCCCCCCCCCCCCCCCCCCCCCCCCCCCCCCCC(=O)N(O)N=C=O. The van der Waals surface area contributed by atoms with E-state index in [1.54, 1.807) is 0 Å². The molecular weight excluding hydrogens is 544 g/mol. The molecule has 0 radical (unpaired) electrons. The van der Waals surface area contributed by atoms with E-state index >= 15 is 0 Å². The second-order valence-corrected chi connectivity index (χ2v) is 13.6. The summed E-state index contributed by atoms with van der Waals surface area (Å²) in [6, 6.07) is 0. The van der Waals surface area contributed by atoms with Crippen molar-refractivity contribution in [2.24, 2.45) is 5.10 Å². The summed E-state index contributed by atoms with van der Waals surface area (Å²) < 4.78 is 0. The smallest absolute Gasteiger partial charge is 0.269 e. The van der Waals surface area contributed by atoms with Gasteiger partial charge in [-0.05, 0) is 6.42 Å². The lowest BCUT2D eigenvalue weighted by Gasteiger charge is -2.06. The maximum atomic E-state index is 11.4. The number of carbonyl (C=O) groups excluding carboxylic acids is 2. The van der Waals surface area contributed by atoms with Gasteiger partial charge in [0, 0.05) is 6.42 Å². The lowest BCUT2D eigenvalue weighted by molar-refractivity contribution is -0.165. The number of nitrogens with zero attached hydrogens (tertiary/aromatic N) is 2. The maximum Gasteiger partial charge on any atom is 0.269 e. The normalized spacial score (nSPS) is 11.1. The van der Waals surface area contributed by atoms with Crippen molar-refractivity contribution in [1.29, 1.82) is 0 Å². The zero-order chi connectivity index (χ0) is 32.0. The van der Waals surface area contributed by atoms with Gasteiger partial charge in [0.25, 0.3) is 12.0 Å². The van der Waals surface area contributed by atoms with Gasteiger partial charge in [0.05, 0.1) is 0 Å². The Balaban J connectivity index is 3.10. The van der Waals surface area contributed by atoms with E-state index in [9.17, 15) is 9.59 Å². The zero-order valence-corrected chi connectivity index (χ0v) is 29.6. The van der Waals surface area contributed by atoms with Crippen molar-refractivity contribution < 1.29 is 14.8 Å². The first-order chi connectivity index (χ1) is 21.7. The molecule has 1 amide bonds. The van der Waals surface area contributed by atoms with Crippen LogP contribution in [0, 0.1) is 0 Å². The summed E-state index contributed by atoms with van der Waals surface area (Å²) in [5.74, 6) is -0.542. The largest absolute Gasteiger partial charge is 0.270 e. The third kappa shape index (κ3) is 35.3. The second kappa shape index (κ2) is 38.0. The number of amides is 1. The van der Waals surface area contributed by atoms with Crippen molar-refractivity contribution in [2.75, 3.05) is 0 Å². The first-order valence-corrected chi connectivity index (χ1v) is 19.8. The van der Waals surface area contributed by atoms with Gasteiger partial charge in [0.1, 0.15) is 0 Å². The molecule has 0 aliphatic carbocycles. The van der Waals surface area contributed by atoms with E-state index in [0.29, 0.717) is 0 Å². The number of unbranched alkanes of at least 4 members (excludes halogenated alkanes) is 34. The summed E-state index contributed by atoms with van der Waals surface area (Å²) in [6.45, 7) is 2.30. The highest BCUT2D eigenvalue weighted by molar-refractivity contribution is 5.74. The monoisotopic (exact) mass is 621 g/mol. The molecule has 0 spiro atoms. The lowest BCUT2D eigenvalue weighted by Crippen LogP contribution is -2.20. The number of hydrogen-bond acceptors (Lipinski definition) is 4. The molecule has 260 valence electrons. The summed E-state index contributed by atoms with van der Waals surface area (Å²) >= 11 is 0. The van der Waals surface area contributed by atoms with Gasteiger partial charge >= 0.3 is 0 Å². The molecule has 0 atom stereocenters. The zero-order valence-electron chi connectivity index (χ0n) is 29.6. The lowest BCUT2D eigenvalue weighted by atomic mass is 10.0. The number of hydroxylamine groups is 1. The third-order valence-electron chi connectivity index (χ3n) is 9.35. The van der Waals surface area contributed by atoms with Crippen LogP contribution in [0.2, 0.25) is 0 Å². The molecule has 0 unspecified atom stereocenters. The third-order valence-corrected chi connectivity index (χ3v) is 9.35. The van der Waals surface area contributed by atoms with Crippen LogP contribution in [0.3, 0.4) is 0 Å². The molecule has 0 aromatic carbocycles. The van der Waals surface area contributed by atoms with E-state index in [0.717, 1.165) is 25.3 Å². The molecule has 0 rings (SSSR count). The van der Waals surface area contributed by atoms with E-state index in [2.05, 4.69) is 12.0 Å². The fourth-order valence-corrected chi connectivity index (χ4v) is 6.38. The second-order valence-electron chi connectivity index (χ2n) is 13.6. The fourth-order valence-electron chi connectivity index (χ4n) is 6.38. The molecule has 0 aliphatic heterocycles. The molecular formula is C39H76N2O3. The summed E-state index contributed by atoms with van der Waals surface area (Å²) in [4.78, 5) is 21.4.